The molecule has 6 heteroatoms. The van der Waals surface area contributed by atoms with Gasteiger partial charge < -0.3 is 14.3 Å². The second-order valence-electron chi connectivity index (χ2n) is 9.65. The van der Waals surface area contributed by atoms with Gasteiger partial charge in [-0.2, -0.15) is 0 Å². The van der Waals surface area contributed by atoms with E-state index >= 15 is 0 Å². The van der Waals surface area contributed by atoms with Crippen molar-refractivity contribution in [1.29, 1.82) is 0 Å². The highest BCUT2D eigenvalue weighted by atomic mass is 16.3. The number of amides is 2. The van der Waals surface area contributed by atoms with E-state index in [0.717, 1.165) is 43.3 Å². The zero-order valence-electron chi connectivity index (χ0n) is 19.1. The molecule has 1 aliphatic carbocycles. The molecule has 2 amide bonds. The summed E-state index contributed by atoms with van der Waals surface area (Å²) in [5.41, 5.74) is 2.95. The summed E-state index contributed by atoms with van der Waals surface area (Å²) in [6.45, 7) is 6.63. The van der Waals surface area contributed by atoms with Crippen LogP contribution in [-0.2, 0) is 17.8 Å². The fourth-order valence-corrected chi connectivity index (χ4v) is 5.24. The van der Waals surface area contributed by atoms with Crippen molar-refractivity contribution in [2.75, 3.05) is 4.90 Å². The van der Waals surface area contributed by atoms with Crippen LogP contribution < -0.4 is 10.2 Å². The smallest absolute Gasteiger partial charge is 0.276 e. The van der Waals surface area contributed by atoms with Crippen molar-refractivity contribution in [2.45, 2.75) is 71.0 Å². The van der Waals surface area contributed by atoms with E-state index in [1.54, 1.807) is 17.2 Å². The Morgan fingerprint density at radius 2 is 1.88 bits per heavy atom. The molecule has 1 aliphatic heterocycles. The summed E-state index contributed by atoms with van der Waals surface area (Å²) < 4.78 is 7.49. The molecule has 1 atom stereocenters. The van der Waals surface area contributed by atoms with E-state index in [0.29, 0.717) is 23.7 Å². The van der Waals surface area contributed by atoms with Gasteiger partial charge in [0.15, 0.2) is 5.58 Å². The number of nitrogens with zero attached hydrogens (tertiary/aromatic N) is 2. The summed E-state index contributed by atoms with van der Waals surface area (Å²) in [6.07, 6.45) is 6.77. The van der Waals surface area contributed by atoms with Crippen LogP contribution in [0.25, 0.3) is 11.1 Å². The third-order valence-electron chi connectivity index (χ3n) is 7.35. The highest BCUT2D eigenvalue weighted by Gasteiger charge is 2.49. The molecule has 0 spiro atoms. The van der Waals surface area contributed by atoms with Crippen LogP contribution >= 0.6 is 0 Å². The van der Waals surface area contributed by atoms with Crippen LogP contribution in [0.4, 0.5) is 5.69 Å². The fraction of sp³-hybridized carbons (Fsp3) is 0.462. The van der Waals surface area contributed by atoms with E-state index in [4.69, 9.17) is 4.42 Å². The minimum Gasteiger partial charge on any atom is -0.463 e. The Labute approximate surface area is 188 Å². The van der Waals surface area contributed by atoms with Gasteiger partial charge in [0.05, 0.1) is 18.3 Å². The number of nitrogens with one attached hydrogen (secondary N) is 1. The monoisotopic (exact) mass is 433 g/mol. The van der Waals surface area contributed by atoms with Gasteiger partial charge in [-0.05, 0) is 62.6 Å². The minimum absolute atomic E-state index is 0.0963. The van der Waals surface area contributed by atoms with Crippen molar-refractivity contribution in [3.8, 4) is 0 Å². The van der Waals surface area contributed by atoms with Gasteiger partial charge in [-0.3, -0.25) is 14.5 Å². The summed E-state index contributed by atoms with van der Waals surface area (Å²) in [7, 11) is 0. The molecular weight excluding hydrogens is 402 g/mol. The van der Waals surface area contributed by atoms with E-state index in [-0.39, 0.29) is 17.9 Å². The lowest BCUT2D eigenvalue weighted by Crippen LogP contribution is -2.65. The summed E-state index contributed by atoms with van der Waals surface area (Å²) in [6, 6.07) is 11.8. The number of hydrogen-bond acceptors (Lipinski definition) is 3. The van der Waals surface area contributed by atoms with Gasteiger partial charge in [-0.25, -0.2) is 0 Å². The van der Waals surface area contributed by atoms with Crippen molar-refractivity contribution in [3.05, 3.63) is 53.9 Å². The number of rotatable bonds is 4. The number of fused-ring (bicyclic) bond motifs is 3. The number of hydrogen-bond donors (Lipinski definition) is 1. The number of anilines is 1. The van der Waals surface area contributed by atoms with Crippen molar-refractivity contribution >= 4 is 28.6 Å². The SMILES string of the molecule is CCc1ccc(N2C(=O)c3cc4occc4n3CC2(C)C(=O)NC2CCC(C)CC2)cc1. The minimum atomic E-state index is -1.05. The number of aromatic nitrogens is 1. The maximum Gasteiger partial charge on any atom is 0.276 e. The van der Waals surface area contributed by atoms with Gasteiger partial charge in [0.2, 0.25) is 5.91 Å². The topological polar surface area (TPSA) is 67.5 Å². The summed E-state index contributed by atoms with van der Waals surface area (Å²) in [5.74, 6) is 0.433. The molecule has 1 N–H and O–H groups in total. The molecule has 1 fully saturated rings. The normalized spacial score (nSPS) is 25.7. The maximum absolute atomic E-state index is 13.8. The van der Waals surface area contributed by atoms with Crippen LogP contribution in [0, 0.1) is 5.92 Å². The van der Waals surface area contributed by atoms with Gasteiger partial charge in [0.25, 0.3) is 5.91 Å². The molecule has 6 nitrogen and oxygen atoms in total. The van der Waals surface area contributed by atoms with E-state index in [1.807, 2.05) is 41.8 Å². The van der Waals surface area contributed by atoms with Crippen LogP contribution in [0.15, 0.2) is 47.1 Å². The largest absolute Gasteiger partial charge is 0.463 e. The number of carbonyl (C=O) groups is 2. The lowest BCUT2D eigenvalue weighted by Gasteiger charge is -2.44. The van der Waals surface area contributed by atoms with Crippen LogP contribution in [0.3, 0.4) is 0 Å². The predicted octanol–water partition coefficient (Wildman–Crippen LogP) is 4.91. The number of carbonyl (C=O) groups excluding carboxylic acids is 2. The average molecular weight is 434 g/mol. The highest BCUT2D eigenvalue weighted by molar-refractivity contribution is 6.13. The van der Waals surface area contributed by atoms with Gasteiger partial charge in [-0.15, -0.1) is 0 Å². The zero-order valence-corrected chi connectivity index (χ0v) is 19.1. The second-order valence-corrected chi connectivity index (χ2v) is 9.65. The van der Waals surface area contributed by atoms with Crippen molar-refractivity contribution < 1.29 is 14.0 Å². The van der Waals surface area contributed by atoms with E-state index < -0.39 is 5.54 Å². The number of benzene rings is 1. The molecule has 2 aromatic heterocycles. The molecule has 1 saturated carbocycles. The molecule has 5 rings (SSSR count). The molecule has 3 aromatic rings. The first-order valence-corrected chi connectivity index (χ1v) is 11.7. The first kappa shape index (κ1) is 20.9. The Bertz CT molecular complexity index is 1150. The van der Waals surface area contributed by atoms with E-state index in [1.165, 1.54) is 5.56 Å². The molecule has 0 bridgehead atoms. The van der Waals surface area contributed by atoms with Gasteiger partial charge in [0, 0.05) is 23.9 Å². The van der Waals surface area contributed by atoms with Crippen molar-refractivity contribution in [3.63, 3.8) is 0 Å². The third-order valence-corrected chi connectivity index (χ3v) is 7.35. The molecule has 1 unspecified atom stereocenters. The lowest BCUT2D eigenvalue weighted by atomic mass is 9.86. The molecule has 3 heterocycles. The molecular formula is C26H31N3O3. The standard InChI is InChI=1S/C26H31N3O3/c1-4-18-7-11-20(12-8-18)29-24(30)22-15-23-21(13-14-32-23)28(22)16-26(29,3)25(31)27-19-9-5-17(2)6-10-19/h7-8,11-15,17,19H,4-6,9-10,16H2,1-3H3,(H,27,31). The fourth-order valence-electron chi connectivity index (χ4n) is 5.24. The van der Waals surface area contributed by atoms with Gasteiger partial charge in [0.1, 0.15) is 11.2 Å². The van der Waals surface area contributed by atoms with Crippen LogP contribution in [0.1, 0.15) is 62.5 Å². The predicted molar refractivity (Wildman–Crippen MR) is 125 cm³/mol. The molecule has 2 aliphatic rings. The highest BCUT2D eigenvalue weighted by Crippen LogP contribution is 2.36. The lowest BCUT2D eigenvalue weighted by molar-refractivity contribution is -0.127. The van der Waals surface area contributed by atoms with Crippen molar-refractivity contribution in [1.82, 2.24) is 9.88 Å². The Balaban J connectivity index is 1.55. The summed E-state index contributed by atoms with van der Waals surface area (Å²) in [5, 5.41) is 3.29. The Morgan fingerprint density at radius 3 is 2.56 bits per heavy atom. The first-order chi connectivity index (χ1) is 15.4. The third kappa shape index (κ3) is 3.33. The molecule has 0 radical (unpaired) electrons. The van der Waals surface area contributed by atoms with Gasteiger partial charge >= 0.3 is 0 Å². The molecule has 168 valence electrons. The van der Waals surface area contributed by atoms with Crippen LogP contribution in [0.2, 0.25) is 0 Å². The van der Waals surface area contributed by atoms with E-state index in [2.05, 4.69) is 19.2 Å². The number of furan rings is 1. The molecule has 0 saturated heterocycles. The van der Waals surface area contributed by atoms with Crippen LogP contribution in [0.5, 0.6) is 0 Å². The Morgan fingerprint density at radius 1 is 1.16 bits per heavy atom. The molecule has 32 heavy (non-hydrogen) atoms. The first-order valence-electron chi connectivity index (χ1n) is 11.7. The number of aryl methyl sites for hydroxylation is 1. The zero-order chi connectivity index (χ0) is 22.5. The second kappa shape index (κ2) is 7.84. The summed E-state index contributed by atoms with van der Waals surface area (Å²) >= 11 is 0. The van der Waals surface area contributed by atoms with Crippen molar-refractivity contribution in [2.24, 2.45) is 5.92 Å². The van der Waals surface area contributed by atoms with E-state index in [9.17, 15) is 9.59 Å². The quantitative estimate of drug-likeness (QED) is 0.636. The van der Waals surface area contributed by atoms with Gasteiger partial charge in [-0.1, -0.05) is 26.0 Å². The molecule has 1 aromatic carbocycles. The maximum atomic E-state index is 13.8. The average Bonchev–Trinajstić information content (AvgIpc) is 3.38. The Kier molecular flexibility index (Phi) is 5.11. The van der Waals surface area contributed by atoms with Crippen LogP contribution in [-0.4, -0.2) is 28.0 Å². The summed E-state index contributed by atoms with van der Waals surface area (Å²) in [4.78, 5) is 29.2. The Hall–Kier alpha value is -3.02.